The Morgan fingerprint density at radius 3 is 1.53 bits per heavy atom. The number of aliphatic carboxylic acids is 1. The molecule has 2 aromatic carbocycles. The van der Waals surface area contributed by atoms with E-state index in [0.29, 0.717) is 5.56 Å². The Bertz CT molecular complexity index is 2900. The van der Waals surface area contributed by atoms with Crippen molar-refractivity contribution in [1.29, 1.82) is 0 Å². The Balaban J connectivity index is 0.00000354. The zero-order valence-electron chi connectivity index (χ0n) is 49.9. The zero-order valence-corrected chi connectivity index (χ0v) is 49.9. The van der Waals surface area contributed by atoms with Crippen LogP contribution in [0.15, 0.2) is 54.7 Å². The number of phenolic OH excluding ortho intramolecular Hbond substituents is 1. The summed E-state index contributed by atoms with van der Waals surface area (Å²) < 4.78 is 31.7. The minimum atomic E-state index is -5.08. The first-order valence-electron chi connectivity index (χ1n) is 27.9. The molecule has 0 radical (unpaired) electrons. The fourth-order valence-electron chi connectivity index (χ4n) is 8.40. The lowest BCUT2D eigenvalue weighted by atomic mass is 9.99. The summed E-state index contributed by atoms with van der Waals surface area (Å²) in [5.74, 6) is -13.5. The molecule has 0 saturated heterocycles. The molecule has 0 bridgehead atoms. The van der Waals surface area contributed by atoms with Gasteiger partial charge in [0, 0.05) is 23.5 Å². The maximum Gasteiger partial charge on any atom is 0.490 e. The van der Waals surface area contributed by atoms with Gasteiger partial charge in [0.1, 0.15) is 54.1 Å². The second-order valence-corrected chi connectivity index (χ2v) is 22.1. The first-order valence-corrected chi connectivity index (χ1v) is 27.9. The summed E-state index contributed by atoms with van der Waals surface area (Å²) in [6, 6.07) is 0.322. The predicted octanol–water partition coefficient (Wildman–Crippen LogP) is -2.49. The van der Waals surface area contributed by atoms with E-state index < -0.39 is 157 Å². The van der Waals surface area contributed by atoms with Gasteiger partial charge < -0.3 is 90.5 Å². The Labute approximate surface area is 504 Å². The van der Waals surface area contributed by atoms with Crippen molar-refractivity contribution in [2.24, 2.45) is 35.0 Å². The van der Waals surface area contributed by atoms with E-state index in [1.807, 2.05) is 52.0 Å². The second-order valence-electron chi connectivity index (χ2n) is 22.1. The molecule has 0 saturated carbocycles. The van der Waals surface area contributed by atoms with Crippen LogP contribution in [0.2, 0.25) is 0 Å². The van der Waals surface area contributed by atoms with Crippen LogP contribution < -0.4 is 65.1 Å². The molecule has 0 aliphatic rings. The third kappa shape index (κ3) is 26.4. The molecule has 29 nitrogen and oxygen atoms in total. The minimum Gasteiger partial charge on any atom is -0.508 e. The molecule has 10 atom stereocenters. The number of nitrogens with one attached hydrogen (secondary N) is 10. The molecule has 32 heteroatoms. The lowest BCUT2D eigenvalue weighted by Crippen LogP contribution is -2.61. The number of para-hydroxylation sites is 1. The largest absolute Gasteiger partial charge is 0.508 e. The fourth-order valence-corrected chi connectivity index (χ4v) is 8.40. The maximum absolute atomic E-state index is 13.9. The minimum absolute atomic E-state index is 0.00865. The number of halogens is 3. The number of aromatic amines is 1. The van der Waals surface area contributed by atoms with Gasteiger partial charge in [-0.3, -0.25) is 52.7 Å². The smallest absolute Gasteiger partial charge is 0.490 e. The summed E-state index contributed by atoms with van der Waals surface area (Å²) in [5.41, 5.74) is 19.2. The first-order chi connectivity index (χ1) is 40.9. The number of hydrogen-bond donors (Lipinski definition) is 17. The number of carbonyl (C=O) groups excluding carboxylic acids is 11. The number of aliphatic hydroxyl groups is 2. The van der Waals surface area contributed by atoms with Gasteiger partial charge in [0.05, 0.1) is 31.7 Å². The van der Waals surface area contributed by atoms with E-state index in [0.717, 1.165) is 16.5 Å². The molecule has 488 valence electrons. The number of aromatic hydroxyl groups is 1. The van der Waals surface area contributed by atoms with Gasteiger partial charge in [-0.15, -0.1) is 0 Å². The highest BCUT2D eigenvalue weighted by Crippen LogP contribution is 2.20. The number of benzene rings is 2. The van der Waals surface area contributed by atoms with Crippen molar-refractivity contribution in [1.82, 2.24) is 52.8 Å². The molecule has 3 aromatic rings. The summed E-state index contributed by atoms with van der Waals surface area (Å²) >= 11 is 0. The number of alkyl halides is 3. The van der Waals surface area contributed by atoms with Crippen LogP contribution in [0.1, 0.15) is 92.2 Å². The lowest BCUT2D eigenvalue weighted by Gasteiger charge is -2.28. The van der Waals surface area contributed by atoms with Crippen molar-refractivity contribution in [2.75, 3.05) is 13.2 Å². The number of fused-ring (bicyclic) bond motifs is 1. The molecular weight excluding hydrogens is 1170 g/mol. The second kappa shape index (κ2) is 35.7. The number of carboxylic acid groups (broad SMARTS) is 1. The van der Waals surface area contributed by atoms with Gasteiger partial charge in [-0.25, -0.2) is 4.79 Å². The number of phenols is 1. The van der Waals surface area contributed by atoms with Crippen molar-refractivity contribution >= 4 is 81.9 Å². The number of aliphatic hydroxyl groups excluding tert-OH is 2. The van der Waals surface area contributed by atoms with Crippen LogP contribution in [0, 0.1) is 17.8 Å². The predicted molar refractivity (Wildman–Crippen MR) is 310 cm³/mol. The average molecular weight is 1250 g/mol. The van der Waals surface area contributed by atoms with Crippen LogP contribution >= 0.6 is 0 Å². The zero-order chi connectivity index (χ0) is 66.9. The molecule has 1 heterocycles. The molecule has 0 unspecified atom stereocenters. The SMILES string of the molecule is CC(C)C[C@H](NC(=O)[C@H](CC(C)C)NC(=O)[C@H](Cc1ccc(O)cc1)NC(=O)CNC(=O)[C@H](C)NC(=O)[C@H](CO)NC(=O)[C@H](CC(N)=O)NC(=O)[C@H](CC(C)C)NC(=O)[C@@H](NC(=O)[C@@H](N)Cc1c[nH]c2ccccc12)[C@@H](C)O)C(N)=O.O=C(O)C(F)(F)F. The standard InChI is InChI=1S/C54H81N13O14.C2HF3O2/c1-26(2)17-37(46(57)73)62-49(76)38(18-27(3)4)63-51(78)40(20-31-13-15-33(70)16-14-31)61-44(72)24-59-47(74)29(7)60-53(80)42(25-68)66-52(79)41(22-43(56)71)64-50(77)39(19-28(5)6)65-54(81)45(30(8)69)67-48(75)35(55)21-32-23-58-36-12-10-9-11-34(32)36;3-2(4,5)1(6)7/h9-16,23,26-30,35,37-42,45,58,68-70H,17-22,24-25,55H2,1-8H3,(H2,56,71)(H2,57,73)(H,59,74)(H,60,80)(H,61,72)(H,62,76)(H,63,78)(H,64,77)(H,65,81)(H,66,79)(H,67,75);(H,6,7)/t29-,30+,35-,37-,38-,39-,40-,41-,42-,45-;/m0./s1. The topological polar surface area (TPSA) is 488 Å². The number of rotatable bonds is 33. The normalized spacial score (nSPS) is 14.7. The molecule has 0 fully saturated rings. The molecule has 11 amide bonds. The Morgan fingerprint density at radius 2 is 1.03 bits per heavy atom. The van der Waals surface area contributed by atoms with Gasteiger partial charge in [-0.05, 0) is 86.6 Å². The number of amides is 11. The third-order valence-electron chi connectivity index (χ3n) is 12.9. The molecule has 20 N–H and O–H groups in total. The lowest BCUT2D eigenvalue weighted by molar-refractivity contribution is -0.192. The van der Waals surface area contributed by atoms with Crippen LogP contribution in [-0.2, 0) is 70.4 Å². The molecule has 3 rings (SSSR count). The maximum atomic E-state index is 13.9. The van der Waals surface area contributed by atoms with Crippen molar-refractivity contribution in [2.45, 2.75) is 161 Å². The van der Waals surface area contributed by atoms with E-state index in [1.54, 1.807) is 20.0 Å². The molecule has 0 aliphatic carbocycles. The number of primary amides is 2. The Kier molecular flexibility index (Phi) is 30.5. The summed E-state index contributed by atoms with van der Waals surface area (Å²) in [6.45, 7) is 11.3. The number of H-pyrrole nitrogens is 1. The monoisotopic (exact) mass is 1250 g/mol. The van der Waals surface area contributed by atoms with Gasteiger partial charge in [-0.2, -0.15) is 13.2 Å². The van der Waals surface area contributed by atoms with Crippen molar-refractivity contribution in [3.8, 4) is 5.75 Å². The van der Waals surface area contributed by atoms with Gasteiger partial charge in [0.15, 0.2) is 0 Å². The summed E-state index contributed by atoms with van der Waals surface area (Å²) in [5, 5.41) is 60.3. The number of nitrogens with two attached hydrogens (primary N) is 3. The van der Waals surface area contributed by atoms with Crippen molar-refractivity contribution in [3.63, 3.8) is 0 Å². The highest BCUT2D eigenvalue weighted by molar-refractivity contribution is 5.99. The molecular formula is C56H82F3N13O16. The van der Waals surface area contributed by atoms with Gasteiger partial charge >= 0.3 is 12.1 Å². The van der Waals surface area contributed by atoms with E-state index in [4.69, 9.17) is 27.1 Å². The quantitative estimate of drug-likeness (QED) is 0.0300. The van der Waals surface area contributed by atoms with Gasteiger partial charge in [0.25, 0.3) is 0 Å². The van der Waals surface area contributed by atoms with Gasteiger partial charge in [0.2, 0.25) is 65.0 Å². The van der Waals surface area contributed by atoms with Crippen LogP contribution in [0.25, 0.3) is 10.9 Å². The van der Waals surface area contributed by atoms with Gasteiger partial charge in [-0.1, -0.05) is 71.9 Å². The van der Waals surface area contributed by atoms with Crippen LogP contribution in [0.3, 0.4) is 0 Å². The molecule has 88 heavy (non-hydrogen) atoms. The van der Waals surface area contributed by atoms with Crippen molar-refractivity contribution in [3.05, 3.63) is 65.9 Å². The van der Waals surface area contributed by atoms with E-state index in [1.165, 1.54) is 38.1 Å². The highest BCUT2D eigenvalue weighted by Gasteiger charge is 2.39. The highest BCUT2D eigenvalue weighted by atomic mass is 19.4. The Hall–Kier alpha value is -8.91. The van der Waals surface area contributed by atoms with E-state index in [-0.39, 0.29) is 55.6 Å². The summed E-state index contributed by atoms with van der Waals surface area (Å²) in [6.07, 6.45) is -5.45. The van der Waals surface area contributed by atoms with Crippen LogP contribution in [0.5, 0.6) is 5.75 Å². The number of carboxylic acids is 1. The number of hydrogen-bond acceptors (Lipinski definition) is 16. The summed E-state index contributed by atoms with van der Waals surface area (Å²) in [7, 11) is 0. The average Bonchev–Trinajstić information content (AvgIpc) is 1.97. The fraction of sp³-hybridized carbons (Fsp3) is 0.536. The molecule has 1 aromatic heterocycles. The van der Waals surface area contributed by atoms with Crippen LogP contribution in [0.4, 0.5) is 13.2 Å². The van der Waals surface area contributed by atoms with Crippen molar-refractivity contribution < 1.29 is 91.1 Å². The third-order valence-corrected chi connectivity index (χ3v) is 12.9. The first kappa shape index (κ1) is 75.2. The Morgan fingerprint density at radius 1 is 0.568 bits per heavy atom. The summed E-state index contributed by atoms with van der Waals surface area (Å²) in [4.78, 5) is 158. The molecule has 0 spiro atoms. The number of carbonyl (C=O) groups is 12. The molecule has 0 aliphatic heterocycles. The van der Waals surface area contributed by atoms with E-state index in [9.17, 15) is 81.2 Å². The number of aromatic nitrogens is 1. The van der Waals surface area contributed by atoms with E-state index in [2.05, 4.69) is 52.8 Å². The van der Waals surface area contributed by atoms with E-state index >= 15 is 0 Å². The van der Waals surface area contributed by atoms with Crippen LogP contribution in [-0.4, -0.2) is 176 Å².